The summed E-state index contributed by atoms with van der Waals surface area (Å²) in [6, 6.07) is 19.0. The number of benzene rings is 3. The molecule has 0 unspecified atom stereocenters. The van der Waals surface area contributed by atoms with E-state index in [4.69, 9.17) is 4.74 Å². The van der Waals surface area contributed by atoms with Crippen LogP contribution in [0.1, 0.15) is 13.8 Å². The largest absolute Gasteiger partial charge is 0.573 e. The van der Waals surface area contributed by atoms with E-state index in [-0.39, 0.29) is 17.1 Å². The predicted molar refractivity (Wildman–Crippen MR) is 116 cm³/mol. The number of halogens is 6. The van der Waals surface area contributed by atoms with Crippen molar-refractivity contribution in [1.29, 1.82) is 0 Å². The van der Waals surface area contributed by atoms with Crippen molar-refractivity contribution in [1.82, 2.24) is 0 Å². The second-order valence-corrected chi connectivity index (χ2v) is 6.63. The Morgan fingerprint density at radius 3 is 1.76 bits per heavy atom. The molecule has 0 amide bonds. The molecule has 0 heterocycles. The molecule has 0 fully saturated rings. The van der Waals surface area contributed by atoms with Crippen molar-refractivity contribution in [3.63, 3.8) is 0 Å². The van der Waals surface area contributed by atoms with Crippen molar-refractivity contribution < 1.29 is 40.9 Å². The van der Waals surface area contributed by atoms with E-state index in [0.717, 1.165) is 17.0 Å². The Morgan fingerprint density at radius 2 is 1.24 bits per heavy atom. The minimum Gasteiger partial charge on any atom is -0.457 e. The molecule has 0 aliphatic rings. The number of hydrogen-bond acceptors (Lipinski definition) is 4. The molecule has 0 aliphatic heterocycles. The molecule has 3 aromatic rings. The van der Waals surface area contributed by atoms with E-state index in [9.17, 15) is 31.4 Å². The van der Waals surface area contributed by atoms with Crippen LogP contribution in [0.2, 0.25) is 0 Å². The number of alkyl halides is 6. The Hall–Kier alpha value is -3.40. The van der Waals surface area contributed by atoms with Gasteiger partial charge in [-0.15, -0.1) is 13.2 Å². The van der Waals surface area contributed by atoms with E-state index < -0.39 is 30.9 Å². The standard InChI is InChI=1S/C22H17F6NO3.C2H6/c23-21(24,25)20(30)14-29(16-7-5-11-19(13-16)32-22(26,27)28)15-6-4-10-18(12-15)31-17-8-2-1-3-9-17;1-2/h1-13,20,30H,14H2;1-2H3/t20-;/m1./s1. The highest BCUT2D eigenvalue weighted by molar-refractivity contribution is 5.66. The average Bonchev–Trinajstić information content (AvgIpc) is 2.78. The van der Waals surface area contributed by atoms with Gasteiger partial charge < -0.3 is 19.5 Å². The molecule has 3 rings (SSSR count). The van der Waals surface area contributed by atoms with Gasteiger partial charge in [-0.2, -0.15) is 13.2 Å². The Bertz CT molecular complexity index is 1020. The number of hydrogen-bond donors (Lipinski definition) is 1. The van der Waals surface area contributed by atoms with Crippen LogP contribution in [0.5, 0.6) is 17.2 Å². The minimum absolute atomic E-state index is 0.0492. The van der Waals surface area contributed by atoms with Gasteiger partial charge in [-0.3, -0.25) is 0 Å². The van der Waals surface area contributed by atoms with E-state index in [1.807, 2.05) is 13.8 Å². The summed E-state index contributed by atoms with van der Waals surface area (Å²) in [4.78, 5) is 1.03. The molecule has 34 heavy (non-hydrogen) atoms. The van der Waals surface area contributed by atoms with Crippen molar-refractivity contribution >= 4 is 11.4 Å². The summed E-state index contributed by atoms with van der Waals surface area (Å²) >= 11 is 0. The number of aliphatic hydroxyl groups excluding tert-OH is 1. The molecular weight excluding hydrogens is 464 g/mol. The SMILES string of the molecule is CC.O[C@H](CN(c1cccc(Oc2ccccc2)c1)c1cccc(OC(F)(F)F)c1)C(F)(F)F. The fourth-order valence-electron chi connectivity index (χ4n) is 2.82. The van der Waals surface area contributed by atoms with Crippen LogP contribution in [0.15, 0.2) is 78.9 Å². The molecule has 0 spiro atoms. The average molecular weight is 487 g/mol. The van der Waals surface area contributed by atoms with Crippen LogP contribution in [-0.4, -0.2) is 30.3 Å². The molecule has 0 saturated carbocycles. The van der Waals surface area contributed by atoms with Gasteiger partial charge in [-0.1, -0.05) is 44.2 Å². The first-order valence-corrected chi connectivity index (χ1v) is 10.2. The zero-order valence-electron chi connectivity index (χ0n) is 18.3. The second kappa shape index (κ2) is 11.6. The van der Waals surface area contributed by atoms with Crippen LogP contribution in [0.3, 0.4) is 0 Å². The zero-order valence-corrected chi connectivity index (χ0v) is 18.3. The van der Waals surface area contributed by atoms with Crippen molar-refractivity contribution in [2.75, 3.05) is 11.4 Å². The van der Waals surface area contributed by atoms with E-state index >= 15 is 0 Å². The molecule has 0 radical (unpaired) electrons. The Balaban J connectivity index is 0.00000199. The molecule has 3 aromatic carbocycles. The van der Waals surface area contributed by atoms with E-state index in [0.29, 0.717) is 5.75 Å². The maximum absolute atomic E-state index is 13.0. The van der Waals surface area contributed by atoms with Gasteiger partial charge in [0.15, 0.2) is 6.10 Å². The van der Waals surface area contributed by atoms with Crippen LogP contribution in [0.25, 0.3) is 0 Å². The monoisotopic (exact) mass is 487 g/mol. The van der Waals surface area contributed by atoms with Crippen LogP contribution >= 0.6 is 0 Å². The maximum Gasteiger partial charge on any atom is 0.573 e. The van der Waals surface area contributed by atoms with Crippen LogP contribution in [0, 0.1) is 0 Å². The van der Waals surface area contributed by atoms with Gasteiger partial charge in [0.2, 0.25) is 0 Å². The molecule has 0 aliphatic carbocycles. The molecule has 0 bridgehead atoms. The third-order valence-corrected chi connectivity index (χ3v) is 4.20. The first-order valence-electron chi connectivity index (χ1n) is 10.2. The number of nitrogens with zero attached hydrogens (tertiary/aromatic N) is 1. The number of aliphatic hydroxyl groups is 1. The fraction of sp³-hybridized carbons (Fsp3) is 0.250. The normalized spacial score (nSPS) is 12.3. The third-order valence-electron chi connectivity index (χ3n) is 4.20. The summed E-state index contributed by atoms with van der Waals surface area (Å²) in [5, 5.41) is 9.63. The second-order valence-electron chi connectivity index (χ2n) is 6.63. The third kappa shape index (κ3) is 8.18. The van der Waals surface area contributed by atoms with Gasteiger partial charge in [0.05, 0.1) is 6.54 Å². The molecule has 184 valence electrons. The maximum atomic E-state index is 13.0. The number of rotatable bonds is 7. The summed E-state index contributed by atoms with van der Waals surface area (Å²) < 4.78 is 86.4. The van der Waals surface area contributed by atoms with Crippen LogP contribution < -0.4 is 14.4 Å². The lowest BCUT2D eigenvalue weighted by molar-refractivity contribution is -0.274. The van der Waals surface area contributed by atoms with Gasteiger partial charge in [0.1, 0.15) is 17.2 Å². The highest BCUT2D eigenvalue weighted by atomic mass is 19.4. The summed E-state index contributed by atoms with van der Waals surface area (Å²) in [6.07, 6.45) is -12.7. The van der Waals surface area contributed by atoms with Crippen molar-refractivity contribution in [3.05, 3.63) is 78.9 Å². The molecule has 10 heteroatoms. The first-order chi connectivity index (χ1) is 16.0. The van der Waals surface area contributed by atoms with Crippen LogP contribution in [0.4, 0.5) is 37.7 Å². The quantitative estimate of drug-likeness (QED) is 0.351. The summed E-state index contributed by atoms with van der Waals surface area (Å²) in [5.74, 6) is 0.146. The fourth-order valence-corrected chi connectivity index (χ4v) is 2.82. The van der Waals surface area contributed by atoms with Gasteiger partial charge in [0, 0.05) is 23.5 Å². The number of para-hydroxylation sites is 1. The highest BCUT2D eigenvalue weighted by Crippen LogP contribution is 2.35. The predicted octanol–water partition coefficient (Wildman–Crippen LogP) is 7.47. The zero-order chi connectivity index (χ0) is 25.4. The van der Waals surface area contributed by atoms with Gasteiger partial charge in [-0.05, 0) is 36.4 Å². The molecular formula is C24H23F6NO3. The van der Waals surface area contributed by atoms with E-state index in [2.05, 4.69) is 4.74 Å². The molecule has 0 aromatic heterocycles. The Kier molecular flexibility index (Phi) is 9.19. The lowest BCUT2D eigenvalue weighted by Gasteiger charge is -2.29. The van der Waals surface area contributed by atoms with Crippen molar-refractivity contribution in [3.8, 4) is 17.2 Å². The topological polar surface area (TPSA) is 41.9 Å². The Morgan fingerprint density at radius 1 is 0.735 bits per heavy atom. The number of ether oxygens (including phenoxy) is 2. The lowest BCUT2D eigenvalue weighted by Crippen LogP contribution is -2.39. The van der Waals surface area contributed by atoms with Gasteiger partial charge in [-0.25, -0.2) is 0 Å². The minimum atomic E-state index is -4.97. The van der Waals surface area contributed by atoms with Gasteiger partial charge >= 0.3 is 12.5 Å². The lowest BCUT2D eigenvalue weighted by atomic mass is 10.2. The number of anilines is 2. The van der Waals surface area contributed by atoms with Crippen molar-refractivity contribution in [2.45, 2.75) is 32.5 Å². The molecule has 0 saturated heterocycles. The summed E-state index contributed by atoms with van der Waals surface area (Å²) in [6.45, 7) is 3.04. The molecule has 4 nitrogen and oxygen atoms in total. The Labute approximate surface area is 193 Å². The molecule has 1 N–H and O–H groups in total. The van der Waals surface area contributed by atoms with E-state index in [1.54, 1.807) is 36.4 Å². The first kappa shape index (κ1) is 26.8. The van der Waals surface area contributed by atoms with Crippen molar-refractivity contribution in [2.24, 2.45) is 0 Å². The molecule has 1 atom stereocenters. The smallest absolute Gasteiger partial charge is 0.457 e. The van der Waals surface area contributed by atoms with Gasteiger partial charge in [0.25, 0.3) is 0 Å². The van der Waals surface area contributed by atoms with E-state index in [1.165, 1.54) is 30.3 Å². The van der Waals surface area contributed by atoms with Crippen LogP contribution in [-0.2, 0) is 0 Å². The summed E-state index contributed by atoms with van der Waals surface area (Å²) in [5.41, 5.74) is 0.109. The highest BCUT2D eigenvalue weighted by Gasteiger charge is 2.39. The summed E-state index contributed by atoms with van der Waals surface area (Å²) in [7, 11) is 0.